The molecule has 3 fully saturated rings. The maximum absolute atomic E-state index is 12.4. The van der Waals surface area contributed by atoms with Crippen LogP contribution in [0.2, 0.25) is 0 Å². The van der Waals surface area contributed by atoms with E-state index in [9.17, 15) is 4.79 Å². The molecular weight excluding hydrogens is 256 g/mol. The van der Waals surface area contributed by atoms with Crippen molar-refractivity contribution in [2.75, 3.05) is 0 Å². The van der Waals surface area contributed by atoms with Crippen molar-refractivity contribution in [1.82, 2.24) is 0 Å². The van der Waals surface area contributed by atoms with Gasteiger partial charge in [0.1, 0.15) is 5.78 Å². The van der Waals surface area contributed by atoms with E-state index in [-0.39, 0.29) is 5.41 Å². The zero-order chi connectivity index (χ0) is 14.8. The molecule has 3 saturated carbocycles. The molecule has 1 heteroatoms. The lowest BCUT2D eigenvalue weighted by Gasteiger charge is -2.57. The fourth-order valence-electron chi connectivity index (χ4n) is 6.61. The lowest BCUT2D eigenvalue weighted by atomic mass is 9.47. The molecule has 0 N–H and O–H groups in total. The topological polar surface area (TPSA) is 17.1 Å². The Labute approximate surface area is 129 Å². The average Bonchev–Trinajstić information content (AvgIpc) is 2.76. The third kappa shape index (κ3) is 1.79. The summed E-state index contributed by atoms with van der Waals surface area (Å²) in [5.41, 5.74) is 2.27. The van der Waals surface area contributed by atoms with E-state index in [1.54, 1.807) is 5.57 Å². The number of hydrogen-bond acceptors (Lipinski definition) is 1. The fraction of sp³-hybridized carbons (Fsp3) is 0.850. The number of rotatable bonds is 0. The number of hydrogen-bond donors (Lipinski definition) is 0. The Hall–Kier alpha value is -0.590. The molecule has 0 aromatic carbocycles. The number of fused-ring (bicyclic) bond motifs is 5. The Morgan fingerprint density at radius 1 is 1.05 bits per heavy atom. The molecule has 21 heavy (non-hydrogen) atoms. The number of carbonyl (C=O) groups excluding carboxylic acids is 1. The maximum Gasteiger partial charge on any atom is 0.139 e. The molecular formula is C20H30O. The Balaban J connectivity index is 1.69. The first-order chi connectivity index (χ1) is 9.95. The van der Waals surface area contributed by atoms with Crippen LogP contribution in [0.1, 0.15) is 72.1 Å². The van der Waals surface area contributed by atoms with E-state index in [0.29, 0.717) is 17.1 Å². The van der Waals surface area contributed by atoms with Crippen LogP contribution in [0.4, 0.5) is 0 Å². The van der Waals surface area contributed by atoms with E-state index >= 15 is 0 Å². The van der Waals surface area contributed by atoms with Gasteiger partial charge in [0, 0.05) is 11.8 Å². The van der Waals surface area contributed by atoms with Gasteiger partial charge in [0.2, 0.25) is 0 Å². The molecule has 1 unspecified atom stereocenters. The van der Waals surface area contributed by atoms with E-state index in [1.807, 2.05) is 0 Å². The van der Waals surface area contributed by atoms with E-state index in [2.05, 4.69) is 26.8 Å². The summed E-state index contributed by atoms with van der Waals surface area (Å²) in [6.07, 6.45) is 12.5. The molecule has 116 valence electrons. The highest BCUT2D eigenvalue weighted by Gasteiger charge is 2.58. The van der Waals surface area contributed by atoms with Crippen molar-refractivity contribution in [1.29, 1.82) is 0 Å². The summed E-state index contributed by atoms with van der Waals surface area (Å²) < 4.78 is 0. The van der Waals surface area contributed by atoms with Crippen LogP contribution in [0.25, 0.3) is 0 Å². The first-order valence-corrected chi connectivity index (χ1v) is 9.18. The highest BCUT2D eigenvalue weighted by atomic mass is 16.1. The summed E-state index contributed by atoms with van der Waals surface area (Å²) in [7, 11) is 0. The molecule has 0 bridgehead atoms. The predicted octanol–water partition coefficient (Wildman–Crippen LogP) is 5.15. The standard InChI is InChI=1S/C20H30O/c1-13-8-10-19(2)14(12-13)4-5-15-16-6-7-18(21)20(16,3)11-9-17(15)19/h4,13,15-17H,5-12H2,1-3H3/t13?,15-,16-,17+,19-,20-/m0/s1. The van der Waals surface area contributed by atoms with Crippen molar-refractivity contribution >= 4 is 5.78 Å². The molecule has 0 aromatic rings. The van der Waals surface area contributed by atoms with Crippen molar-refractivity contribution in [2.24, 2.45) is 34.5 Å². The minimum absolute atomic E-state index is 0.0326. The second-order valence-electron chi connectivity index (χ2n) is 9.03. The molecule has 0 saturated heterocycles. The number of allylic oxidation sites excluding steroid dienone is 2. The van der Waals surface area contributed by atoms with Gasteiger partial charge in [0.25, 0.3) is 0 Å². The molecule has 4 aliphatic carbocycles. The van der Waals surface area contributed by atoms with Gasteiger partial charge in [-0.1, -0.05) is 32.4 Å². The molecule has 0 amide bonds. The maximum atomic E-state index is 12.4. The number of carbonyl (C=O) groups is 1. The molecule has 0 heterocycles. The van der Waals surface area contributed by atoms with E-state index in [0.717, 1.165) is 30.6 Å². The zero-order valence-electron chi connectivity index (χ0n) is 14.0. The SMILES string of the molecule is CC1CC[C@@]2(C)C(=CC[C@@H]3[C@H]2CC[C@]2(C)C(=O)CC[C@@H]32)C1. The lowest BCUT2D eigenvalue weighted by Crippen LogP contribution is -2.50. The van der Waals surface area contributed by atoms with Gasteiger partial charge in [-0.25, -0.2) is 0 Å². The van der Waals surface area contributed by atoms with Gasteiger partial charge >= 0.3 is 0 Å². The van der Waals surface area contributed by atoms with Crippen LogP contribution in [-0.4, -0.2) is 5.78 Å². The number of Topliss-reactive ketones (excluding diaryl/α,β-unsaturated/α-hetero) is 1. The van der Waals surface area contributed by atoms with Gasteiger partial charge < -0.3 is 0 Å². The molecule has 0 aromatic heterocycles. The van der Waals surface area contributed by atoms with Crippen LogP contribution in [0.5, 0.6) is 0 Å². The Morgan fingerprint density at radius 2 is 1.76 bits per heavy atom. The first kappa shape index (κ1) is 14.0. The van der Waals surface area contributed by atoms with Crippen LogP contribution in [0, 0.1) is 34.5 Å². The van der Waals surface area contributed by atoms with Gasteiger partial charge in [0.05, 0.1) is 0 Å². The van der Waals surface area contributed by atoms with Crippen LogP contribution < -0.4 is 0 Å². The van der Waals surface area contributed by atoms with Gasteiger partial charge in [0.15, 0.2) is 0 Å². The summed E-state index contributed by atoms with van der Waals surface area (Å²) in [5, 5.41) is 0. The summed E-state index contributed by atoms with van der Waals surface area (Å²) in [6, 6.07) is 0. The Kier molecular flexibility index (Phi) is 2.98. The third-order valence-electron chi connectivity index (χ3n) is 8.06. The zero-order valence-corrected chi connectivity index (χ0v) is 14.0. The summed E-state index contributed by atoms with van der Waals surface area (Å²) in [4.78, 5) is 12.4. The number of ketones is 1. The minimum atomic E-state index is 0.0326. The highest BCUT2D eigenvalue weighted by Crippen LogP contribution is 2.64. The van der Waals surface area contributed by atoms with E-state index in [1.165, 1.54) is 38.5 Å². The predicted molar refractivity (Wildman–Crippen MR) is 85.9 cm³/mol. The van der Waals surface area contributed by atoms with Gasteiger partial charge in [-0.05, 0) is 74.0 Å². The van der Waals surface area contributed by atoms with Crippen LogP contribution in [-0.2, 0) is 4.79 Å². The molecule has 0 aliphatic heterocycles. The monoisotopic (exact) mass is 286 g/mol. The van der Waals surface area contributed by atoms with Crippen LogP contribution >= 0.6 is 0 Å². The largest absolute Gasteiger partial charge is 0.299 e. The normalized spacial score (nSPS) is 52.7. The third-order valence-corrected chi connectivity index (χ3v) is 8.06. The fourth-order valence-corrected chi connectivity index (χ4v) is 6.61. The van der Waals surface area contributed by atoms with Gasteiger partial charge in [-0.15, -0.1) is 0 Å². The van der Waals surface area contributed by atoms with Crippen molar-refractivity contribution in [3.8, 4) is 0 Å². The Morgan fingerprint density at radius 3 is 2.57 bits per heavy atom. The molecule has 4 rings (SSSR count). The smallest absolute Gasteiger partial charge is 0.139 e. The highest BCUT2D eigenvalue weighted by molar-refractivity contribution is 5.87. The minimum Gasteiger partial charge on any atom is -0.299 e. The second-order valence-corrected chi connectivity index (χ2v) is 9.03. The summed E-state index contributed by atoms with van der Waals surface area (Å²) in [6.45, 7) is 7.26. The Bertz CT molecular complexity index is 504. The van der Waals surface area contributed by atoms with E-state index in [4.69, 9.17) is 0 Å². The average molecular weight is 286 g/mol. The lowest BCUT2D eigenvalue weighted by molar-refractivity contribution is -0.131. The van der Waals surface area contributed by atoms with Crippen LogP contribution in [0.3, 0.4) is 0 Å². The molecule has 1 nitrogen and oxygen atoms in total. The van der Waals surface area contributed by atoms with E-state index < -0.39 is 0 Å². The molecule has 0 spiro atoms. The second kappa shape index (κ2) is 4.46. The van der Waals surface area contributed by atoms with Gasteiger partial charge in [-0.3, -0.25) is 4.79 Å². The molecule has 4 aliphatic rings. The quantitative estimate of drug-likeness (QED) is 0.562. The summed E-state index contributed by atoms with van der Waals surface area (Å²) >= 11 is 0. The first-order valence-electron chi connectivity index (χ1n) is 9.18. The van der Waals surface area contributed by atoms with Gasteiger partial charge in [-0.2, -0.15) is 0 Å². The van der Waals surface area contributed by atoms with Crippen molar-refractivity contribution in [3.63, 3.8) is 0 Å². The van der Waals surface area contributed by atoms with Crippen molar-refractivity contribution < 1.29 is 4.79 Å². The summed E-state index contributed by atoms with van der Waals surface area (Å²) in [5.74, 6) is 3.77. The molecule has 0 radical (unpaired) electrons. The van der Waals surface area contributed by atoms with Crippen LogP contribution in [0.15, 0.2) is 11.6 Å². The molecule has 6 atom stereocenters. The van der Waals surface area contributed by atoms with Crippen molar-refractivity contribution in [3.05, 3.63) is 11.6 Å². The van der Waals surface area contributed by atoms with Crippen molar-refractivity contribution in [2.45, 2.75) is 72.1 Å².